The zero-order chi connectivity index (χ0) is 21.5. The number of carbonyl (C=O) groups is 1. The van der Waals surface area contributed by atoms with E-state index < -0.39 is 0 Å². The fraction of sp³-hybridized carbons (Fsp3) is 0.208. The number of ether oxygens (including phenoxy) is 1. The third kappa shape index (κ3) is 6.41. The molecule has 0 aromatic heterocycles. The maximum absolute atomic E-state index is 11.7. The maximum Gasteiger partial charge on any atom is 0.226 e. The van der Waals surface area contributed by atoms with Crippen molar-refractivity contribution in [2.24, 2.45) is 5.92 Å². The van der Waals surface area contributed by atoms with Crippen LogP contribution in [0.5, 0.6) is 5.75 Å². The van der Waals surface area contributed by atoms with Crippen LogP contribution in [-0.4, -0.2) is 5.91 Å². The molecule has 0 atom stereocenters. The maximum atomic E-state index is 11.7. The summed E-state index contributed by atoms with van der Waals surface area (Å²) >= 11 is 12.0. The van der Waals surface area contributed by atoms with Crippen molar-refractivity contribution < 1.29 is 9.53 Å². The van der Waals surface area contributed by atoms with Gasteiger partial charge in [-0.1, -0.05) is 55.2 Å². The SMILES string of the molecule is CC(C)C(=O)Nc1ccc(NCc2ccc(OCc3ccc(Cl)c(Cl)c3)cc2)cc1. The van der Waals surface area contributed by atoms with Gasteiger partial charge >= 0.3 is 0 Å². The van der Waals surface area contributed by atoms with Crippen molar-refractivity contribution in [3.05, 3.63) is 87.9 Å². The fourth-order valence-electron chi connectivity index (χ4n) is 2.66. The molecular weight excluding hydrogens is 419 g/mol. The second-order valence-electron chi connectivity index (χ2n) is 7.26. The summed E-state index contributed by atoms with van der Waals surface area (Å²) in [4.78, 5) is 11.7. The van der Waals surface area contributed by atoms with Gasteiger partial charge in [-0.25, -0.2) is 0 Å². The molecule has 2 N–H and O–H groups in total. The number of nitrogens with one attached hydrogen (secondary N) is 2. The molecule has 156 valence electrons. The summed E-state index contributed by atoms with van der Waals surface area (Å²) in [5, 5.41) is 7.31. The van der Waals surface area contributed by atoms with Crippen LogP contribution in [0.3, 0.4) is 0 Å². The lowest BCUT2D eigenvalue weighted by Crippen LogP contribution is -2.17. The van der Waals surface area contributed by atoms with Gasteiger partial charge in [0.15, 0.2) is 0 Å². The second-order valence-corrected chi connectivity index (χ2v) is 8.07. The highest BCUT2D eigenvalue weighted by molar-refractivity contribution is 6.42. The van der Waals surface area contributed by atoms with Crippen LogP contribution in [-0.2, 0) is 17.9 Å². The standard InChI is InChI=1S/C24H24Cl2N2O2/c1-16(2)24(29)28-20-8-6-19(7-9-20)27-14-17-3-10-21(11-4-17)30-15-18-5-12-22(25)23(26)13-18/h3-13,16,27H,14-15H2,1-2H3,(H,28,29). The van der Waals surface area contributed by atoms with Crippen molar-refractivity contribution in [3.63, 3.8) is 0 Å². The highest BCUT2D eigenvalue weighted by Gasteiger charge is 2.06. The first-order valence-electron chi connectivity index (χ1n) is 9.71. The summed E-state index contributed by atoms with van der Waals surface area (Å²) in [6.45, 7) is 4.85. The van der Waals surface area contributed by atoms with Crippen LogP contribution in [0.4, 0.5) is 11.4 Å². The Morgan fingerprint density at radius 1 is 0.867 bits per heavy atom. The molecule has 0 heterocycles. The predicted molar refractivity (Wildman–Crippen MR) is 124 cm³/mol. The highest BCUT2D eigenvalue weighted by atomic mass is 35.5. The zero-order valence-electron chi connectivity index (χ0n) is 16.9. The smallest absolute Gasteiger partial charge is 0.226 e. The fourth-order valence-corrected chi connectivity index (χ4v) is 2.98. The Labute approximate surface area is 187 Å². The van der Waals surface area contributed by atoms with Gasteiger partial charge in [-0.2, -0.15) is 0 Å². The Hall–Kier alpha value is -2.69. The minimum atomic E-state index is -0.0428. The number of benzene rings is 3. The van der Waals surface area contributed by atoms with Crippen LogP contribution in [0.25, 0.3) is 0 Å². The van der Waals surface area contributed by atoms with Crippen molar-refractivity contribution in [1.29, 1.82) is 0 Å². The number of halogens is 2. The summed E-state index contributed by atoms with van der Waals surface area (Å²) in [6.07, 6.45) is 0. The first-order valence-corrected chi connectivity index (χ1v) is 10.5. The molecule has 0 radical (unpaired) electrons. The molecule has 0 spiro atoms. The van der Waals surface area contributed by atoms with Crippen molar-refractivity contribution in [1.82, 2.24) is 0 Å². The molecule has 30 heavy (non-hydrogen) atoms. The van der Waals surface area contributed by atoms with Crippen molar-refractivity contribution in [3.8, 4) is 5.75 Å². The normalized spacial score (nSPS) is 10.7. The topological polar surface area (TPSA) is 50.4 Å². The predicted octanol–water partition coefficient (Wildman–Crippen LogP) is 6.78. The average Bonchev–Trinajstić information content (AvgIpc) is 2.74. The van der Waals surface area contributed by atoms with E-state index in [-0.39, 0.29) is 11.8 Å². The molecule has 4 nitrogen and oxygen atoms in total. The van der Waals surface area contributed by atoms with Crippen LogP contribution in [0.2, 0.25) is 10.0 Å². The lowest BCUT2D eigenvalue weighted by molar-refractivity contribution is -0.118. The molecule has 0 unspecified atom stereocenters. The van der Waals surface area contributed by atoms with Crippen LogP contribution in [0, 0.1) is 5.92 Å². The molecule has 0 aliphatic carbocycles. The molecule has 3 aromatic rings. The third-order valence-corrected chi connectivity index (χ3v) is 5.23. The number of anilines is 2. The number of hydrogen-bond acceptors (Lipinski definition) is 3. The Kier molecular flexibility index (Phi) is 7.61. The first-order chi connectivity index (χ1) is 14.4. The monoisotopic (exact) mass is 442 g/mol. The van der Waals surface area contributed by atoms with E-state index in [2.05, 4.69) is 10.6 Å². The van der Waals surface area contributed by atoms with Crippen molar-refractivity contribution in [2.75, 3.05) is 10.6 Å². The number of carbonyl (C=O) groups excluding carboxylic acids is 1. The Bertz CT molecular complexity index is 987. The minimum Gasteiger partial charge on any atom is -0.489 e. The van der Waals surface area contributed by atoms with Gasteiger partial charge < -0.3 is 15.4 Å². The number of amides is 1. The van der Waals surface area contributed by atoms with E-state index in [1.54, 1.807) is 6.07 Å². The Morgan fingerprint density at radius 3 is 2.13 bits per heavy atom. The molecule has 0 aliphatic heterocycles. The zero-order valence-corrected chi connectivity index (χ0v) is 18.4. The van der Waals surface area contributed by atoms with Crippen molar-refractivity contribution in [2.45, 2.75) is 27.0 Å². The minimum absolute atomic E-state index is 0.0113. The third-order valence-electron chi connectivity index (χ3n) is 4.49. The summed E-state index contributed by atoms with van der Waals surface area (Å²) in [5.41, 5.74) is 3.87. The molecule has 0 saturated carbocycles. The molecule has 6 heteroatoms. The largest absolute Gasteiger partial charge is 0.489 e. The highest BCUT2D eigenvalue weighted by Crippen LogP contribution is 2.23. The second kappa shape index (κ2) is 10.4. The molecule has 0 saturated heterocycles. The van der Waals surface area contributed by atoms with Gasteiger partial charge in [0.25, 0.3) is 0 Å². The van der Waals surface area contributed by atoms with E-state index in [0.717, 1.165) is 28.3 Å². The summed E-state index contributed by atoms with van der Waals surface area (Å²) in [7, 11) is 0. The quantitative estimate of drug-likeness (QED) is 0.404. The van der Waals surface area contributed by atoms with E-state index in [1.165, 1.54) is 0 Å². The molecule has 0 fully saturated rings. The van der Waals surface area contributed by atoms with Gasteiger partial charge in [-0.3, -0.25) is 4.79 Å². The van der Waals surface area contributed by atoms with Gasteiger partial charge in [-0.05, 0) is 59.7 Å². The lowest BCUT2D eigenvalue weighted by Gasteiger charge is -2.11. The Morgan fingerprint density at radius 2 is 1.50 bits per heavy atom. The molecule has 1 amide bonds. The van der Waals surface area contributed by atoms with E-state index in [1.807, 2.05) is 74.5 Å². The van der Waals surface area contributed by atoms with Crippen LogP contribution in [0.1, 0.15) is 25.0 Å². The van der Waals surface area contributed by atoms with Gasteiger partial charge in [0.2, 0.25) is 5.91 Å². The molecule has 3 rings (SSSR count). The average molecular weight is 443 g/mol. The van der Waals surface area contributed by atoms with Crippen molar-refractivity contribution >= 4 is 40.5 Å². The van der Waals surface area contributed by atoms with Crippen LogP contribution in [0.15, 0.2) is 66.7 Å². The van der Waals surface area contributed by atoms with E-state index in [9.17, 15) is 4.79 Å². The van der Waals surface area contributed by atoms with Gasteiger partial charge in [0, 0.05) is 23.8 Å². The molecular formula is C24H24Cl2N2O2. The lowest BCUT2D eigenvalue weighted by atomic mass is 10.2. The first kappa shape index (κ1) is 22.0. The van der Waals surface area contributed by atoms with Crippen LogP contribution < -0.4 is 15.4 Å². The molecule has 3 aromatic carbocycles. The molecule has 0 aliphatic rings. The van der Waals surface area contributed by atoms with Gasteiger partial charge in [0.05, 0.1) is 10.0 Å². The Balaban J connectivity index is 1.48. The molecule has 0 bridgehead atoms. The number of hydrogen-bond donors (Lipinski definition) is 2. The van der Waals surface area contributed by atoms with E-state index in [4.69, 9.17) is 27.9 Å². The summed E-state index contributed by atoms with van der Waals surface area (Å²) < 4.78 is 5.81. The van der Waals surface area contributed by atoms with Crippen LogP contribution >= 0.6 is 23.2 Å². The van der Waals surface area contributed by atoms with Gasteiger partial charge in [-0.15, -0.1) is 0 Å². The summed E-state index contributed by atoms with van der Waals surface area (Å²) in [5.74, 6) is 0.756. The van der Waals surface area contributed by atoms with E-state index in [0.29, 0.717) is 23.2 Å². The van der Waals surface area contributed by atoms with E-state index >= 15 is 0 Å². The summed E-state index contributed by atoms with van der Waals surface area (Å²) in [6, 6.07) is 21.1. The number of rotatable bonds is 8. The van der Waals surface area contributed by atoms with Gasteiger partial charge in [0.1, 0.15) is 12.4 Å².